The lowest BCUT2D eigenvalue weighted by Gasteiger charge is -2.15. The number of alkyl halides is 1. The summed E-state index contributed by atoms with van der Waals surface area (Å²) in [4.78, 5) is 11.4. The minimum Gasteiger partial charge on any atom is -0.461 e. The normalized spacial score (nSPS) is 19.6. The SMILES string of the molecule is N[C@@H](CCCBr)C(=O)OC1CCCC1. The first-order valence-electron chi connectivity index (χ1n) is 5.26. The molecule has 1 rings (SSSR count). The molecule has 0 amide bonds. The fourth-order valence-corrected chi connectivity index (χ4v) is 2.00. The highest BCUT2D eigenvalue weighted by molar-refractivity contribution is 9.09. The molecule has 0 heterocycles. The Kier molecular flexibility index (Phi) is 5.48. The second kappa shape index (κ2) is 6.40. The van der Waals surface area contributed by atoms with Gasteiger partial charge in [-0.15, -0.1) is 0 Å². The van der Waals surface area contributed by atoms with Gasteiger partial charge in [0.15, 0.2) is 0 Å². The molecule has 0 bridgehead atoms. The van der Waals surface area contributed by atoms with E-state index in [9.17, 15) is 4.79 Å². The first-order chi connectivity index (χ1) is 6.74. The van der Waals surface area contributed by atoms with Crippen molar-refractivity contribution in [1.29, 1.82) is 0 Å². The molecule has 1 aliphatic carbocycles. The lowest BCUT2D eigenvalue weighted by Crippen LogP contribution is -2.34. The van der Waals surface area contributed by atoms with E-state index in [0.717, 1.165) is 24.6 Å². The third kappa shape index (κ3) is 3.96. The van der Waals surface area contributed by atoms with Crippen molar-refractivity contribution in [3.63, 3.8) is 0 Å². The van der Waals surface area contributed by atoms with E-state index in [1.165, 1.54) is 12.8 Å². The van der Waals surface area contributed by atoms with E-state index in [2.05, 4.69) is 15.9 Å². The Bertz CT molecular complexity index is 181. The van der Waals surface area contributed by atoms with Gasteiger partial charge in [-0.25, -0.2) is 0 Å². The van der Waals surface area contributed by atoms with E-state index in [4.69, 9.17) is 10.5 Å². The van der Waals surface area contributed by atoms with Crippen LogP contribution in [0.3, 0.4) is 0 Å². The van der Waals surface area contributed by atoms with Gasteiger partial charge < -0.3 is 10.5 Å². The Labute approximate surface area is 93.5 Å². The molecule has 2 N–H and O–H groups in total. The zero-order valence-corrected chi connectivity index (χ0v) is 9.96. The zero-order valence-electron chi connectivity index (χ0n) is 8.38. The van der Waals surface area contributed by atoms with Crippen LogP contribution in [-0.4, -0.2) is 23.4 Å². The van der Waals surface area contributed by atoms with Crippen molar-refractivity contribution in [2.75, 3.05) is 5.33 Å². The minimum atomic E-state index is -0.437. The van der Waals surface area contributed by atoms with E-state index in [0.29, 0.717) is 6.42 Å². The van der Waals surface area contributed by atoms with Crippen molar-refractivity contribution >= 4 is 21.9 Å². The van der Waals surface area contributed by atoms with Crippen LogP contribution in [0.5, 0.6) is 0 Å². The lowest BCUT2D eigenvalue weighted by molar-refractivity contribution is -0.150. The highest BCUT2D eigenvalue weighted by Crippen LogP contribution is 2.21. The molecule has 82 valence electrons. The van der Waals surface area contributed by atoms with Crippen LogP contribution in [0.1, 0.15) is 38.5 Å². The molecule has 3 nitrogen and oxygen atoms in total. The van der Waals surface area contributed by atoms with Crippen molar-refractivity contribution < 1.29 is 9.53 Å². The summed E-state index contributed by atoms with van der Waals surface area (Å²) in [5, 5.41) is 0.886. The number of hydrogen-bond acceptors (Lipinski definition) is 3. The molecule has 1 fully saturated rings. The molecule has 14 heavy (non-hydrogen) atoms. The van der Waals surface area contributed by atoms with Gasteiger partial charge in [0.05, 0.1) is 0 Å². The number of carbonyl (C=O) groups is 1. The average molecular weight is 264 g/mol. The Morgan fingerprint density at radius 2 is 2.14 bits per heavy atom. The number of carbonyl (C=O) groups excluding carboxylic acids is 1. The summed E-state index contributed by atoms with van der Waals surface area (Å²) in [5.74, 6) is -0.224. The summed E-state index contributed by atoms with van der Waals surface area (Å²) in [5.41, 5.74) is 5.69. The summed E-state index contributed by atoms with van der Waals surface area (Å²) in [6.07, 6.45) is 6.13. The summed E-state index contributed by atoms with van der Waals surface area (Å²) >= 11 is 3.31. The topological polar surface area (TPSA) is 52.3 Å². The van der Waals surface area contributed by atoms with E-state index in [1.807, 2.05) is 0 Å². The van der Waals surface area contributed by atoms with E-state index < -0.39 is 6.04 Å². The van der Waals surface area contributed by atoms with Crippen molar-refractivity contribution in [2.45, 2.75) is 50.7 Å². The predicted molar refractivity (Wildman–Crippen MR) is 59.4 cm³/mol. The molecule has 0 aromatic carbocycles. The minimum absolute atomic E-state index is 0.137. The number of rotatable bonds is 5. The second-order valence-electron chi connectivity index (χ2n) is 3.78. The van der Waals surface area contributed by atoms with Gasteiger partial charge in [0.25, 0.3) is 0 Å². The molecular weight excluding hydrogens is 246 g/mol. The Balaban J connectivity index is 2.18. The Morgan fingerprint density at radius 1 is 1.50 bits per heavy atom. The number of esters is 1. The Morgan fingerprint density at radius 3 is 2.71 bits per heavy atom. The van der Waals surface area contributed by atoms with Gasteiger partial charge in [-0.05, 0) is 38.5 Å². The average Bonchev–Trinajstić information content (AvgIpc) is 2.66. The third-order valence-corrected chi connectivity index (χ3v) is 3.10. The van der Waals surface area contributed by atoms with Gasteiger partial charge in [0.2, 0.25) is 0 Å². The van der Waals surface area contributed by atoms with Crippen LogP contribution >= 0.6 is 15.9 Å². The molecule has 0 aliphatic heterocycles. The van der Waals surface area contributed by atoms with Crippen molar-refractivity contribution in [2.24, 2.45) is 5.73 Å². The number of halogens is 1. The van der Waals surface area contributed by atoms with Crippen LogP contribution in [0, 0.1) is 0 Å². The molecular formula is C10H18BrNO2. The van der Waals surface area contributed by atoms with Crippen LogP contribution < -0.4 is 5.73 Å². The Hall–Kier alpha value is -0.0900. The smallest absolute Gasteiger partial charge is 0.323 e. The molecule has 0 aromatic rings. The van der Waals surface area contributed by atoms with Crippen LogP contribution in [0.4, 0.5) is 0 Å². The monoisotopic (exact) mass is 263 g/mol. The molecule has 1 saturated carbocycles. The van der Waals surface area contributed by atoms with Crippen LogP contribution in [0.25, 0.3) is 0 Å². The van der Waals surface area contributed by atoms with Gasteiger partial charge in [0.1, 0.15) is 12.1 Å². The maximum atomic E-state index is 11.4. The van der Waals surface area contributed by atoms with E-state index in [-0.39, 0.29) is 12.1 Å². The summed E-state index contributed by atoms with van der Waals surface area (Å²) < 4.78 is 5.29. The van der Waals surface area contributed by atoms with E-state index in [1.54, 1.807) is 0 Å². The van der Waals surface area contributed by atoms with Crippen LogP contribution in [0.15, 0.2) is 0 Å². The number of hydrogen-bond donors (Lipinski definition) is 1. The molecule has 0 radical (unpaired) electrons. The summed E-state index contributed by atoms with van der Waals surface area (Å²) in [6, 6.07) is -0.437. The predicted octanol–water partition coefficient (Wildman–Crippen LogP) is 1.97. The fraction of sp³-hybridized carbons (Fsp3) is 0.900. The highest BCUT2D eigenvalue weighted by Gasteiger charge is 2.22. The van der Waals surface area contributed by atoms with Crippen LogP contribution in [-0.2, 0) is 9.53 Å². The third-order valence-electron chi connectivity index (χ3n) is 2.54. The molecule has 0 unspecified atom stereocenters. The largest absolute Gasteiger partial charge is 0.461 e. The summed E-state index contributed by atoms with van der Waals surface area (Å²) in [7, 11) is 0. The summed E-state index contributed by atoms with van der Waals surface area (Å²) in [6.45, 7) is 0. The fourth-order valence-electron chi connectivity index (χ4n) is 1.67. The first-order valence-corrected chi connectivity index (χ1v) is 6.38. The number of ether oxygens (including phenoxy) is 1. The van der Waals surface area contributed by atoms with Crippen molar-refractivity contribution in [3.05, 3.63) is 0 Å². The molecule has 1 aliphatic rings. The maximum absolute atomic E-state index is 11.4. The van der Waals surface area contributed by atoms with Gasteiger partial charge in [-0.3, -0.25) is 4.79 Å². The van der Waals surface area contributed by atoms with E-state index >= 15 is 0 Å². The molecule has 0 saturated heterocycles. The van der Waals surface area contributed by atoms with Gasteiger partial charge in [-0.1, -0.05) is 15.9 Å². The molecule has 0 aromatic heterocycles. The van der Waals surface area contributed by atoms with Gasteiger partial charge in [-0.2, -0.15) is 0 Å². The highest BCUT2D eigenvalue weighted by atomic mass is 79.9. The van der Waals surface area contributed by atoms with Crippen LogP contribution in [0.2, 0.25) is 0 Å². The molecule has 0 spiro atoms. The lowest BCUT2D eigenvalue weighted by atomic mass is 10.2. The molecule has 1 atom stereocenters. The standard InChI is InChI=1S/C10H18BrNO2/c11-7-3-6-9(12)10(13)14-8-4-1-2-5-8/h8-9H,1-7,12H2/t9-/m0/s1. The zero-order chi connectivity index (χ0) is 10.4. The number of nitrogens with two attached hydrogens (primary N) is 1. The second-order valence-corrected chi connectivity index (χ2v) is 4.57. The maximum Gasteiger partial charge on any atom is 0.323 e. The molecule has 4 heteroatoms. The van der Waals surface area contributed by atoms with Gasteiger partial charge in [0, 0.05) is 5.33 Å². The van der Waals surface area contributed by atoms with Crippen molar-refractivity contribution in [3.8, 4) is 0 Å². The van der Waals surface area contributed by atoms with Gasteiger partial charge >= 0.3 is 5.97 Å². The van der Waals surface area contributed by atoms with Crippen molar-refractivity contribution in [1.82, 2.24) is 0 Å². The quantitative estimate of drug-likeness (QED) is 0.610. The first kappa shape index (κ1) is 12.0.